The monoisotopic (exact) mass is 477 g/mol. The van der Waals surface area contributed by atoms with Crippen LogP contribution in [0.25, 0.3) is 0 Å². The van der Waals surface area contributed by atoms with E-state index in [0.717, 1.165) is 12.0 Å². The van der Waals surface area contributed by atoms with E-state index in [2.05, 4.69) is 19.2 Å². The lowest BCUT2D eigenvalue weighted by molar-refractivity contribution is -0.195. The molecule has 6 heterocycles. The van der Waals surface area contributed by atoms with Crippen molar-refractivity contribution in [3.8, 4) is 11.5 Å². The maximum absolute atomic E-state index is 14.2. The van der Waals surface area contributed by atoms with Crippen LogP contribution < -0.4 is 14.8 Å². The smallest absolute Gasteiger partial charge is 0.249 e. The third kappa shape index (κ3) is 2.04. The highest BCUT2D eigenvalue weighted by Crippen LogP contribution is 2.72. The van der Waals surface area contributed by atoms with Gasteiger partial charge in [0.15, 0.2) is 11.5 Å². The van der Waals surface area contributed by atoms with Crippen molar-refractivity contribution >= 4 is 23.4 Å². The predicted octanol–water partition coefficient (Wildman–Crippen LogP) is 2.96. The quantitative estimate of drug-likeness (QED) is 0.621. The third-order valence-electron chi connectivity index (χ3n) is 10.3. The number of carbonyl (C=O) groups excluding carboxylic acids is 3. The van der Waals surface area contributed by atoms with E-state index in [4.69, 9.17) is 9.47 Å². The topological polar surface area (TPSA) is 88.2 Å². The van der Waals surface area contributed by atoms with Crippen molar-refractivity contribution in [2.45, 2.75) is 75.5 Å². The highest BCUT2D eigenvalue weighted by atomic mass is 16.5. The zero-order valence-corrected chi connectivity index (χ0v) is 20.9. The standard InChI is InChI=1S/C27H31N3O5/c1-23(2)10-12-34-19-16(35-23)8-7-15-18(19)28-20(31)26(15)14-27-17(24(26,3)4)13-25(21(32)29(27)5)9-6-11-30(25)22(27)33/h7-8,10,12,17H,6,9,11,13-14H2,1-5H3,(H,28,31)/t17-,25-,26+,27-/m0/s1. The van der Waals surface area contributed by atoms with Crippen LogP contribution in [0.1, 0.15) is 58.9 Å². The molecule has 8 nitrogen and oxygen atoms in total. The maximum Gasteiger partial charge on any atom is 0.249 e. The summed E-state index contributed by atoms with van der Waals surface area (Å²) in [7, 11) is 1.77. The van der Waals surface area contributed by atoms with Crippen molar-refractivity contribution in [2.75, 3.05) is 18.9 Å². The van der Waals surface area contributed by atoms with Crippen molar-refractivity contribution in [1.82, 2.24) is 9.80 Å². The Labute approximate surface area is 204 Å². The zero-order valence-electron chi connectivity index (χ0n) is 20.9. The minimum atomic E-state index is -1.03. The van der Waals surface area contributed by atoms with Gasteiger partial charge in [-0.25, -0.2) is 0 Å². The number of hydrogen-bond acceptors (Lipinski definition) is 5. The second kappa shape index (κ2) is 5.85. The van der Waals surface area contributed by atoms with Crippen LogP contribution in [0.3, 0.4) is 0 Å². The Balaban J connectivity index is 1.44. The van der Waals surface area contributed by atoms with Gasteiger partial charge in [-0.1, -0.05) is 19.9 Å². The summed E-state index contributed by atoms with van der Waals surface area (Å²) >= 11 is 0. The van der Waals surface area contributed by atoms with Gasteiger partial charge in [-0.3, -0.25) is 14.4 Å². The molecule has 1 aliphatic carbocycles. The molecule has 0 radical (unpaired) electrons. The van der Waals surface area contributed by atoms with Gasteiger partial charge >= 0.3 is 0 Å². The van der Waals surface area contributed by atoms with Gasteiger partial charge in [-0.15, -0.1) is 0 Å². The molecule has 7 aliphatic rings. The Morgan fingerprint density at radius 2 is 1.86 bits per heavy atom. The summed E-state index contributed by atoms with van der Waals surface area (Å²) < 4.78 is 12.2. The van der Waals surface area contributed by atoms with Gasteiger partial charge in [0, 0.05) is 19.5 Å². The second-order valence-electron chi connectivity index (χ2n) is 12.3. The summed E-state index contributed by atoms with van der Waals surface area (Å²) in [5, 5.41) is 3.12. The van der Waals surface area contributed by atoms with Crippen molar-refractivity contribution < 1.29 is 23.9 Å². The maximum atomic E-state index is 14.2. The van der Waals surface area contributed by atoms with Gasteiger partial charge < -0.3 is 24.6 Å². The largest absolute Gasteiger partial charge is 0.480 e. The van der Waals surface area contributed by atoms with Crippen LogP contribution >= 0.6 is 0 Å². The summed E-state index contributed by atoms with van der Waals surface area (Å²) in [5.74, 6) is 0.817. The molecular formula is C27H31N3O5. The molecule has 5 fully saturated rings. The van der Waals surface area contributed by atoms with E-state index in [-0.39, 0.29) is 30.1 Å². The molecule has 2 bridgehead atoms. The lowest BCUT2D eigenvalue weighted by Crippen LogP contribution is -2.81. The fourth-order valence-electron chi connectivity index (χ4n) is 8.54. The first kappa shape index (κ1) is 21.3. The zero-order chi connectivity index (χ0) is 24.8. The number of ether oxygens (including phenoxy) is 2. The van der Waals surface area contributed by atoms with Crippen LogP contribution in [0.5, 0.6) is 11.5 Å². The van der Waals surface area contributed by atoms with Gasteiger partial charge in [0.05, 0.1) is 17.4 Å². The van der Waals surface area contributed by atoms with Crippen LogP contribution in [0, 0.1) is 11.3 Å². The number of rotatable bonds is 0. The van der Waals surface area contributed by atoms with Crippen LogP contribution in [-0.2, 0) is 19.8 Å². The first-order chi connectivity index (χ1) is 16.4. The lowest BCUT2D eigenvalue weighted by Gasteiger charge is -2.62. The fraction of sp³-hybridized carbons (Fsp3) is 0.593. The molecule has 0 unspecified atom stereocenters. The summed E-state index contributed by atoms with van der Waals surface area (Å²) in [5.41, 5.74) is -2.48. The Bertz CT molecular complexity index is 1280. The molecule has 1 aromatic carbocycles. The number of piperazine rings is 1. The van der Waals surface area contributed by atoms with Crippen molar-refractivity contribution in [3.05, 3.63) is 30.0 Å². The van der Waals surface area contributed by atoms with Crippen molar-refractivity contribution in [2.24, 2.45) is 11.3 Å². The Morgan fingerprint density at radius 1 is 1.09 bits per heavy atom. The number of nitrogens with zero attached hydrogens (tertiary/aromatic N) is 2. The molecule has 1 aromatic rings. The first-order valence-electron chi connectivity index (χ1n) is 12.6. The number of benzene rings is 1. The highest BCUT2D eigenvalue weighted by molar-refractivity contribution is 6.12. The van der Waals surface area contributed by atoms with Crippen molar-refractivity contribution in [1.29, 1.82) is 0 Å². The van der Waals surface area contributed by atoms with Crippen LogP contribution in [0.15, 0.2) is 24.5 Å². The molecule has 1 N–H and O–H groups in total. The molecule has 184 valence electrons. The normalized spacial score (nSPS) is 39.0. The Morgan fingerprint density at radius 3 is 2.63 bits per heavy atom. The van der Waals surface area contributed by atoms with E-state index in [9.17, 15) is 14.4 Å². The van der Waals surface area contributed by atoms with Crippen LogP contribution in [0.4, 0.5) is 5.69 Å². The SMILES string of the molecule is CN1C(=O)[C@@]23CCCN2C(=O)[C@@]12C[C@@]1(C(=O)Nc4c1ccc1c4OC=CC(C)(C)O1)C(C)(C)[C@@H]2C3. The van der Waals surface area contributed by atoms with Gasteiger partial charge in [0.2, 0.25) is 17.7 Å². The summed E-state index contributed by atoms with van der Waals surface area (Å²) in [6, 6.07) is 3.82. The van der Waals surface area contributed by atoms with Gasteiger partial charge in [-0.2, -0.15) is 0 Å². The van der Waals surface area contributed by atoms with E-state index >= 15 is 0 Å². The number of amides is 3. The van der Waals surface area contributed by atoms with E-state index in [1.165, 1.54) is 0 Å². The molecule has 1 saturated carbocycles. The van der Waals surface area contributed by atoms with Crippen LogP contribution in [-0.4, -0.2) is 57.8 Å². The average Bonchev–Trinajstić information content (AvgIpc) is 3.37. The van der Waals surface area contributed by atoms with Gasteiger partial charge in [0.25, 0.3) is 0 Å². The molecule has 3 amide bonds. The molecular weight excluding hydrogens is 446 g/mol. The molecule has 35 heavy (non-hydrogen) atoms. The molecule has 3 spiro atoms. The number of anilines is 1. The molecule has 0 aromatic heterocycles. The third-order valence-corrected chi connectivity index (χ3v) is 10.3. The average molecular weight is 478 g/mol. The van der Waals surface area contributed by atoms with Crippen LogP contribution in [0.2, 0.25) is 0 Å². The number of likely N-dealkylation sites (N-methyl/N-ethyl adjacent to an activating group) is 1. The first-order valence-corrected chi connectivity index (χ1v) is 12.6. The fourth-order valence-corrected chi connectivity index (χ4v) is 8.54. The van der Waals surface area contributed by atoms with Gasteiger partial charge in [-0.05, 0) is 62.7 Å². The lowest BCUT2D eigenvalue weighted by atomic mass is 9.57. The molecule has 6 aliphatic heterocycles. The molecule has 4 atom stereocenters. The minimum absolute atomic E-state index is 0.0126. The van der Waals surface area contributed by atoms with E-state index in [1.807, 2.05) is 37.0 Å². The summed E-state index contributed by atoms with van der Waals surface area (Å²) in [6.07, 6.45) is 5.86. The van der Waals surface area contributed by atoms with E-state index < -0.39 is 27.5 Å². The number of carbonyl (C=O) groups is 3. The Kier molecular flexibility index (Phi) is 3.55. The number of piperidine rings is 2. The molecule has 8 rings (SSSR count). The molecule has 4 saturated heterocycles. The Hall–Kier alpha value is -3.03. The highest BCUT2D eigenvalue weighted by Gasteiger charge is 2.82. The number of nitrogens with one attached hydrogen (secondary N) is 1. The minimum Gasteiger partial charge on any atom is -0.480 e. The number of fused-ring (bicyclic) bond motifs is 5. The number of hydrogen-bond donors (Lipinski definition) is 1. The predicted molar refractivity (Wildman–Crippen MR) is 127 cm³/mol. The molecule has 8 heteroatoms. The second-order valence-corrected chi connectivity index (χ2v) is 12.3. The van der Waals surface area contributed by atoms with Gasteiger partial charge in [0.1, 0.15) is 16.7 Å². The summed E-state index contributed by atoms with van der Waals surface area (Å²) in [6.45, 7) is 8.72. The summed E-state index contributed by atoms with van der Waals surface area (Å²) in [4.78, 5) is 45.5. The van der Waals surface area contributed by atoms with E-state index in [0.29, 0.717) is 36.6 Å². The van der Waals surface area contributed by atoms with E-state index in [1.54, 1.807) is 18.2 Å². The van der Waals surface area contributed by atoms with Crippen molar-refractivity contribution in [3.63, 3.8) is 0 Å².